The predicted molar refractivity (Wildman–Crippen MR) is 70.2 cm³/mol. The van der Waals surface area contributed by atoms with Crippen molar-refractivity contribution in [3.05, 3.63) is 11.1 Å². The minimum atomic E-state index is -1.85. The van der Waals surface area contributed by atoms with Crippen LogP contribution in [-0.4, -0.2) is 17.4 Å². The molecule has 4 heteroatoms. The van der Waals surface area contributed by atoms with Crippen molar-refractivity contribution in [2.24, 2.45) is 5.92 Å². The van der Waals surface area contributed by atoms with Crippen molar-refractivity contribution in [2.45, 2.75) is 51.5 Å². The average Bonchev–Trinajstić information content (AvgIpc) is 2.55. The minimum absolute atomic E-state index is 0.0956. The number of fused-ring (bicyclic) bond motifs is 2. The van der Waals surface area contributed by atoms with Crippen molar-refractivity contribution in [1.29, 1.82) is 5.26 Å². The lowest BCUT2D eigenvalue weighted by Crippen LogP contribution is -2.16. The Hall–Kier alpha value is -0.160. The lowest BCUT2D eigenvalue weighted by Gasteiger charge is -2.26. The van der Waals surface area contributed by atoms with Gasteiger partial charge in [0.1, 0.15) is 0 Å². The fraction of sp³-hybridized carbons (Fsp3) is 0.750. The van der Waals surface area contributed by atoms with Crippen LogP contribution in [0.25, 0.3) is 0 Å². The Balaban J connectivity index is 2.41. The molecule has 0 spiro atoms. The summed E-state index contributed by atoms with van der Waals surface area (Å²) in [4.78, 5) is 0. The Kier molecular flexibility index (Phi) is 3.03. The van der Waals surface area contributed by atoms with Crippen LogP contribution in [-0.2, 0) is 16.3 Å². The first kappa shape index (κ1) is 12.3. The molecule has 2 aliphatic rings. The highest BCUT2D eigenvalue weighted by Crippen LogP contribution is 2.74. The SMILES string of the molecule is CC1=C(C)[C@H]2[C@@H](C#N)C[C@@H]1P2(=S)OC(C)C. The van der Waals surface area contributed by atoms with E-state index in [-0.39, 0.29) is 17.7 Å². The quantitative estimate of drug-likeness (QED) is 0.560. The lowest BCUT2D eigenvalue weighted by molar-refractivity contribution is 0.267. The standard InChI is InChI=1S/C12H18NOPS/c1-7(2)14-15(16)11-5-10(6-13)12(15)9(4)8(11)3/h7,10-12H,5H2,1-4H3/t10-,11+,12+,15?/m1/s1. The van der Waals surface area contributed by atoms with Crippen molar-refractivity contribution in [3.63, 3.8) is 0 Å². The molecule has 4 atom stereocenters. The second-order valence-electron chi connectivity index (χ2n) is 5.10. The number of allylic oxidation sites excluding steroid dienone is 2. The first-order valence-corrected chi connectivity index (χ1v) is 8.62. The molecule has 0 aromatic rings. The number of rotatable bonds is 2. The van der Waals surface area contributed by atoms with Gasteiger partial charge in [0.05, 0.1) is 24.4 Å². The van der Waals surface area contributed by atoms with E-state index in [1.165, 1.54) is 11.1 Å². The Labute approximate surface area is 103 Å². The zero-order chi connectivity index (χ0) is 12.1. The van der Waals surface area contributed by atoms with Gasteiger partial charge in [-0.3, -0.25) is 0 Å². The first-order chi connectivity index (χ1) is 7.41. The van der Waals surface area contributed by atoms with E-state index >= 15 is 0 Å². The smallest absolute Gasteiger partial charge is 0.0826 e. The maximum absolute atomic E-state index is 9.20. The van der Waals surface area contributed by atoms with Gasteiger partial charge in [0.25, 0.3) is 0 Å². The molecule has 1 fully saturated rings. The molecule has 0 amide bonds. The number of hydrogen-bond donors (Lipinski definition) is 0. The van der Waals surface area contributed by atoms with Crippen LogP contribution in [0.15, 0.2) is 11.1 Å². The topological polar surface area (TPSA) is 33.0 Å². The summed E-state index contributed by atoms with van der Waals surface area (Å²) < 4.78 is 6.09. The summed E-state index contributed by atoms with van der Waals surface area (Å²) in [5.74, 6) is 0.0956. The van der Waals surface area contributed by atoms with Gasteiger partial charge >= 0.3 is 0 Å². The third-order valence-corrected chi connectivity index (χ3v) is 9.23. The molecule has 2 aliphatic heterocycles. The van der Waals surface area contributed by atoms with Crippen LogP contribution in [0, 0.1) is 17.2 Å². The Morgan fingerprint density at radius 2 is 2.06 bits per heavy atom. The Morgan fingerprint density at radius 3 is 2.56 bits per heavy atom. The van der Waals surface area contributed by atoms with Gasteiger partial charge in [0, 0.05) is 11.3 Å². The molecule has 2 heterocycles. The van der Waals surface area contributed by atoms with E-state index in [2.05, 4.69) is 19.9 Å². The summed E-state index contributed by atoms with van der Waals surface area (Å²) in [6.45, 7) is 8.38. The second kappa shape index (κ2) is 3.95. The molecular formula is C12H18NOPS. The van der Waals surface area contributed by atoms with Crippen molar-refractivity contribution < 1.29 is 4.52 Å². The lowest BCUT2D eigenvalue weighted by atomic mass is 9.86. The van der Waals surface area contributed by atoms with E-state index < -0.39 is 6.26 Å². The fourth-order valence-corrected chi connectivity index (χ4v) is 9.25. The van der Waals surface area contributed by atoms with E-state index in [4.69, 9.17) is 16.3 Å². The maximum Gasteiger partial charge on any atom is 0.0826 e. The molecule has 2 rings (SSSR count). The molecule has 1 unspecified atom stereocenters. The molecule has 0 radical (unpaired) electrons. The van der Waals surface area contributed by atoms with Crippen LogP contribution in [0.5, 0.6) is 0 Å². The molecule has 0 aliphatic carbocycles. The summed E-state index contributed by atoms with van der Waals surface area (Å²) in [6.07, 6.45) is -0.747. The summed E-state index contributed by atoms with van der Waals surface area (Å²) in [5.41, 5.74) is 3.35. The van der Waals surface area contributed by atoms with Crippen LogP contribution < -0.4 is 0 Å². The Morgan fingerprint density at radius 1 is 1.44 bits per heavy atom. The highest BCUT2D eigenvalue weighted by atomic mass is 32.4. The first-order valence-electron chi connectivity index (χ1n) is 5.76. The molecule has 16 heavy (non-hydrogen) atoms. The van der Waals surface area contributed by atoms with Crippen LogP contribution >= 0.6 is 6.26 Å². The molecule has 1 saturated heterocycles. The highest BCUT2D eigenvalue weighted by Gasteiger charge is 2.56. The highest BCUT2D eigenvalue weighted by molar-refractivity contribution is 8.13. The third kappa shape index (κ3) is 1.51. The molecule has 88 valence electrons. The van der Waals surface area contributed by atoms with Gasteiger partial charge in [-0.15, -0.1) is 0 Å². The molecule has 2 bridgehead atoms. The summed E-state index contributed by atoms with van der Waals surface area (Å²) >= 11 is 5.84. The van der Waals surface area contributed by atoms with Crippen LogP contribution in [0.1, 0.15) is 34.1 Å². The van der Waals surface area contributed by atoms with Gasteiger partial charge in [-0.1, -0.05) is 23.0 Å². The maximum atomic E-state index is 9.20. The minimum Gasteiger partial charge on any atom is -0.347 e. The molecule has 0 aromatic carbocycles. The predicted octanol–water partition coefficient (Wildman–Crippen LogP) is 3.44. The van der Waals surface area contributed by atoms with Gasteiger partial charge in [-0.25, -0.2) is 0 Å². The zero-order valence-electron chi connectivity index (χ0n) is 10.2. The number of nitrogens with zero attached hydrogens (tertiary/aromatic N) is 1. The number of nitriles is 1. The Bertz CT molecular complexity index is 435. The molecule has 0 saturated carbocycles. The van der Waals surface area contributed by atoms with Crippen LogP contribution in [0.3, 0.4) is 0 Å². The summed E-state index contributed by atoms with van der Waals surface area (Å²) in [5, 5.41) is 9.20. The van der Waals surface area contributed by atoms with E-state index in [9.17, 15) is 5.26 Å². The van der Waals surface area contributed by atoms with E-state index in [1.807, 2.05) is 13.8 Å². The van der Waals surface area contributed by atoms with Crippen molar-refractivity contribution in [1.82, 2.24) is 0 Å². The average molecular weight is 255 g/mol. The van der Waals surface area contributed by atoms with E-state index in [0.29, 0.717) is 5.66 Å². The van der Waals surface area contributed by atoms with E-state index in [1.54, 1.807) is 0 Å². The summed E-state index contributed by atoms with van der Waals surface area (Å²) in [7, 11) is 0. The largest absolute Gasteiger partial charge is 0.347 e. The van der Waals surface area contributed by atoms with Gasteiger partial charge in [-0.2, -0.15) is 5.26 Å². The van der Waals surface area contributed by atoms with Gasteiger partial charge in [0.2, 0.25) is 0 Å². The van der Waals surface area contributed by atoms with Gasteiger partial charge in [0.15, 0.2) is 0 Å². The normalized spacial score (nSPS) is 41.9. The van der Waals surface area contributed by atoms with Crippen LogP contribution in [0.2, 0.25) is 0 Å². The molecular weight excluding hydrogens is 237 g/mol. The monoisotopic (exact) mass is 255 g/mol. The number of hydrogen-bond acceptors (Lipinski definition) is 3. The van der Waals surface area contributed by atoms with Gasteiger partial charge < -0.3 is 4.52 Å². The zero-order valence-corrected chi connectivity index (χ0v) is 11.9. The third-order valence-electron chi connectivity index (χ3n) is 3.79. The van der Waals surface area contributed by atoms with Crippen LogP contribution in [0.4, 0.5) is 0 Å². The van der Waals surface area contributed by atoms with E-state index in [0.717, 1.165) is 6.42 Å². The van der Waals surface area contributed by atoms with Crippen molar-refractivity contribution in [2.75, 3.05) is 0 Å². The fourth-order valence-electron chi connectivity index (χ4n) is 3.07. The van der Waals surface area contributed by atoms with Crippen molar-refractivity contribution in [3.8, 4) is 6.07 Å². The van der Waals surface area contributed by atoms with Crippen molar-refractivity contribution >= 4 is 18.1 Å². The molecule has 0 N–H and O–H groups in total. The summed E-state index contributed by atoms with van der Waals surface area (Å²) in [6, 6.07) is 2.42. The molecule has 0 aromatic heterocycles. The molecule has 2 nitrogen and oxygen atoms in total. The second-order valence-corrected chi connectivity index (χ2v) is 9.49. The van der Waals surface area contributed by atoms with Gasteiger partial charge in [-0.05, 0) is 34.1 Å².